The van der Waals surface area contributed by atoms with Gasteiger partial charge in [0.15, 0.2) is 6.61 Å². The van der Waals surface area contributed by atoms with Crippen LogP contribution in [0.15, 0.2) is 47.6 Å². The minimum atomic E-state index is -2.86. The number of ether oxygens (including phenoxy) is 1. The number of hydrogen-bond acceptors (Lipinski definition) is 4. The number of nitrogens with one attached hydrogen (secondary N) is 1. The van der Waals surface area contributed by atoms with Crippen LogP contribution in [0.25, 0.3) is 0 Å². The number of hydrogen-bond donors (Lipinski definition) is 1. The smallest absolute Gasteiger partial charge is 0.387 e. The molecule has 26 heavy (non-hydrogen) atoms. The Hall–Kier alpha value is -2.96. The monoisotopic (exact) mass is 362 g/mol. The van der Waals surface area contributed by atoms with Crippen molar-refractivity contribution in [1.29, 1.82) is 0 Å². The first-order chi connectivity index (χ1) is 12.5. The van der Waals surface area contributed by atoms with Crippen LogP contribution in [-0.4, -0.2) is 25.3 Å². The van der Waals surface area contributed by atoms with Gasteiger partial charge >= 0.3 is 6.61 Å². The van der Waals surface area contributed by atoms with E-state index in [1.54, 1.807) is 12.1 Å². The van der Waals surface area contributed by atoms with Crippen LogP contribution in [0.1, 0.15) is 23.6 Å². The van der Waals surface area contributed by atoms with Crippen molar-refractivity contribution < 1.29 is 23.1 Å². The Kier molecular flexibility index (Phi) is 7.08. The van der Waals surface area contributed by atoms with Crippen molar-refractivity contribution in [2.45, 2.75) is 26.9 Å². The Balaban J connectivity index is 1.84. The molecule has 0 atom stereocenters. The van der Waals surface area contributed by atoms with E-state index in [-0.39, 0.29) is 18.3 Å². The topological polar surface area (TPSA) is 59.9 Å². The minimum Gasteiger partial charge on any atom is -0.435 e. The summed E-state index contributed by atoms with van der Waals surface area (Å²) in [7, 11) is 0. The lowest BCUT2D eigenvalue weighted by Gasteiger charge is -2.12. The highest BCUT2D eigenvalue weighted by atomic mass is 19.3. The van der Waals surface area contributed by atoms with Gasteiger partial charge in [0.2, 0.25) is 0 Å². The molecule has 0 saturated carbocycles. The van der Waals surface area contributed by atoms with E-state index < -0.39 is 6.61 Å². The molecule has 0 fully saturated rings. The first-order valence-corrected chi connectivity index (χ1v) is 8.08. The van der Waals surface area contributed by atoms with Gasteiger partial charge in [-0.15, -0.1) is 0 Å². The van der Waals surface area contributed by atoms with E-state index in [1.807, 2.05) is 32.0 Å². The normalized spacial score (nSPS) is 11.0. The lowest BCUT2D eigenvalue weighted by molar-refractivity contribution is -0.120. The van der Waals surface area contributed by atoms with E-state index >= 15 is 0 Å². The van der Waals surface area contributed by atoms with Crippen LogP contribution in [0.3, 0.4) is 0 Å². The number of alkyl halides is 2. The number of oxime groups is 1. The molecule has 0 aliphatic heterocycles. The summed E-state index contributed by atoms with van der Waals surface area (Å²) in [5, 5.41) is 6.53. The molecule has 138 valence electrons. The summed E-state index contributed by atoms with van der Waals surface area (Å²) >= 11 is 0. The summed E-state index contributed by atoms with van der Waals surface area (Å²) < 4.78 is 28.4. The van der Waals surface area contributed by atoms with Crippen LogP contribution < -0.4 is 10.1 Å². The Morgan fingerprint density at radius 2 is 1.96 bits per heavy atom. The van der Waals surface area contributed by atoms with Crippen molar-refractivity contribution in [2.24, 2.45) is 5.16 Å². The number of carbonyl (C=O) groups is 1. The molecule has 0 saturated heterocycles. The van der Waals surface area contributed by atoms with Gasteiger partial charge in [0, 0.05) is 5.69 Å². The molecule has 0 radical (unpaired) electrons. The predicted molar refractivity (Wildman–Crippen MR) is 95.8 cm³/mol. The third-order valence-corrected chi connectivity index (χ3v) is 3.58. The second-order valence-electron chi connectivity index (χ2n) is 5.47. The quantitative estimate of drug-likeness (QED) is 0.567. The zero-order valence-electron chi connectivity index (χ0n) is 14.5. The van der Waals surface area contributed by atoms with Crippen molar-refractivity contribution in [3.8, 4) is 5.75 Å². The summed E-state index contributed by atoms with van der Waals surface area (Å²) in [6.45, 7) is 0.844. The summed E-state index contributed by atoms with van der Waals surface area (Å²) in [6, 6.07) is 11.7. The van der Waals surface area contributed by atoms with Gasteiger partial charge in [-0.05, 0) is 54.3 Å². The van der Waals surface area contributed by atoms with Gasteiger partial charge in [-0.25, -0.2) is 0 Å². The Labute approximate surface area is 150 Å². The number of amides is 1. The zero-order valence-corrected chi connectivity index (χ0v) is 14.5. The molecule has 0 aromatic heterocycles. The van der Waals surface area contributed by atoms with Gasteiger partial charge in [-0.3, -0.25) is 4.79 Å². The predicted octanol–water partition coefficient (Wildman–Crippen LogP) is 4.15. The zero-order chi connectivity index (χ0) is 18.9. The first-order valence-electron chi connectivity index (χ1n) is 8.08. The molecule has 5 nitrogen and oxygen atoms in total. The molecule has 2 rings (SSSR count). The van der Waals surface area contributed by atoms with Crippen LogP contribution in [0.2, 0.25) is 0 Å². The van der Waals surface area contributed by atoms with Gasteiger partial charge < -0.3 is 14.9 Å². The maximum Gasteiger partial charge on any atom is 0.387 e. The highest BCUT2D eigenvalue weighted by Gasteiger charge is 2.09. The molecule has 0 heterocycles. The first kappa shape index (κ1) is 19.4. The molecule has 0 spiro atoms. The molecule has 7 heteroatoms. The molecule has 0 aliphatic rings. The standard InChI is InChI=1S/C19H20F2N2O3/c1-3-15-6-4-5-13(2)18(15)23-17(24)12-25-22-11-14-7-9-16(10-8-14)26-19(20)21/h4-11,19H,3,12H2,1-2H3,(H,23,24)/b22-11-. The molecule has 0 aliphatic carbocycles. The maximum atomic E-state index is 12.1. The molecular formula is C19H20F2N2O3. The number of anilines is 1. The second kappa shape index (κ2) is 9.50. The molecule has 0 unspecified atom stereocenters. The minimum absolute atomic E-state index is 0.0578. The van der Waals surface area contributed by atoms with Crippen LogP contribution in [-0.2, 0) is 16.1 Å². The molecule has 0 bridgehead atoms. The number of halogens is 2. The van der Waals surface area contributed by atoms with Crippen molar-refractivity contribution in [3.05, 3.63) is 59.2 Å². The summed E-state index contributed by atoms with van der Waals surface area (Å²) in [5.74, 6) is -0.255. The highest BCUT2D eigenvalue weighted by Crippen LogP contribution is 2.20. The molecule has 2 aromatic rings. The summed E-state index contributed by atoms with van der Waals surface area (Å²) in [6.07, 6.45) is 2.19. The van der Waals surface area contributed by atoms with Crippen molar-refractivity contribution in [3.63, 3.8) is 0 Å². The fourth-order valence-electron chi connectivity index (χ4n) is 2.31. The Morgan fingerprint density at radius 3 is 2.62 bits per heavy atom. The van der Waals surface area contributed by atoms with Gasteiger partial charge in [0.1, 0.15) is 5.75 Å². The lowest BCUT2D eigenvalue weighted by atomic mass is 10.1. The van der Waals surface area contributed by atoms with E-state index in [0.717, 1.165) is 23.2 Å². The largest absolute Gasteiger partial charge is 0.435 e. The highest BCUT2D eigenvalue weighted by molar-refractivity contribution is 5.93. The van der Waals surface area contributed by atoms with E-state index in [4.69, 9.17) is 4.84 Å². The van der Waals surface area contributed by atoms with Crippen molar-refractivity contribution in [2.75, 3.05) is 11.9 Å². The lowest BCUT2D eigenvalue weighted by Crippen LogP contribution is -2.18. The van der Waals surface area contributed by atoms with Gasteiger partial charge in [-0.2, -0.15) is 8.78 Å². The molecule has 1 amide bonds. The molecule has 2 aromatic carbocycles. The van der Waals surface area contributed by atoms with E-state index in [9.17, 15) is 13.6 Å². The fourth-order valence-corrected chi connectivity index (χ4v) is 2.31. The SMILES string of the molecule is CCc1cccc(C)c1NC(=O)CO/N=C\c1ccc(OC(F)F)cc1. The van der Waals surface area contributed by atoms with Gasteiger partial charge in [-0.1, -0.05) is 30.3 Å². The number of para-hydroxylation sites is 1. The van der Waals surface area contributed by atoms with Crippen LogP contribution in [0, 0.1) is 6.92 Å². The molecular weight excluding hydrogens is 342 g/mol. The maximum absolute atomic E-state index is 12.1. The van der Waals surface area contributed by atoms with Crippen LogP contribution in [0.5, 0.6) is 5.75 Å². The van der Waals surface area contributed by atoms with Crippen molar-refractivity contribution in [1.82, 2.24) is 0 Å². The number of benzene rings is 2. The summed E-state index contributed by atoms with van der Waals surface area (Å²) in [4.78, 5) is 17.0. The third kappa shape index (κ3) is 5.84. The van der Waals surface area contributed by atoms with Crippen LogP contribution >= 0.6 is 0 Å². The number of aryl methyl sites for hydroxylation is 2. The van der Waals surface area contributed by atoms with Gasteiger partial charge in [0.05, 0.1) is 6.21 Å². The van der Waals surface area contributed by atoms with E-state index in [0.29, 0.717) is 5.56 Å². The number of rotatable bonds is 8. The number of carbonyl (C=O) groups excluding carboxylic acids is 1. The third-order valence-electron chi connectivity index (χ3n) is 3.58. The van der Waals surface area contributed by atoms with Crippen LogP contribution in [0.4, 0.5) is 14.5 Å². The average Bonchev–Trinajstić information content (AvgIpc) is 2.61. The Bertz CT molecular complexity index is 762. The average molecular weight is 362 g/mol. The van der Waals surface area contributed by atoms with Crippen molar-refractivity contribution >= 4 is 17.8 Å². The van der Waals surface area contributed by atoms with Gasteiger partial charge in [0.25, 0.3) is 5.91 Å². The van der Waals surface area contributed by atoms with E-state index in [1.165, 1.54) is 18.3 Å². The second-order valence-corrected chi connectivity index (χ2v) is 5.47. The fraction of sp³-hybridized carbons (Fsp3) is 0.263. The summed E-state index contributed by atoms with van der Waals surface area (Å²) in [5.41, 5.74) is 3.45. The van der Waals surface area contributed by atoms with E-state index in [2.05, 4.69) is 15.2 Å². The number of nitrogens with zero attached hydrogens (tertiary/aromatic N) is 1. The Morgan fingerprint density at radius 1 is 1.23 bits per heavy atom. The molecule has 1 N–H and O–H groups in total.